The molecule has 0 amide bonds. The summed E-state index contributed by atoms with van der Waals surface area (Å²) in [6, 6.07) is 6.06. The zero-order valence-electron chi connectivity index (χ0n) is 10.9. The predicted molar refractivity (Wildman–Crippen MR) is 71.2 cm³/mol. The molecule has 1 aliphatic rings. The SMILES string of the molecule is Cn1cncc1CNCc1ccc2c(c1)OCCO2. The van der Waals surface area contributed by atoms with E-state index < -0.39 is 0 Å². The summed E-state index contributed by atoms with van der Waals surface area (Å²) in [6.45, 7) is 2.84. The summed E-state index contributed by atoms with van der Waals surface area (Å²) < 4.78 is 13.1. The molecule has 0 radical (unpaired) electrons. The number of fused-ring (bicyclic) bond motifs is 1. The highest BCUT2D eigenvalue weighted by Gasteiger charge is 2.11. The molecule has 0 atom stereocenters. The van der Waals surface area contributed by atoms with E-state index >= 15 is 0 Å². The van der Waals surface area contributed by atoms with Crippen LogP contribution >= 0.6 is 0 Å². The fourth-order valence-electron chi connectivity index (χ4n) is 2.09. The molecule has 1 aliphatic heterocycles. The first kappa shape index (κ1) is 12.0. The van der Waals surface area contributed by atoms with Gasteiger partial charge in [-0.3, -0.25) is 0 Å². The third kappa shape index (κ3) is 2.71. The Hall–Kier alpha value is -2.01. The number of nitrogens with zero attached hydrogens (tertiary/aromatic N) is 2. The average Bonchev–Trinajstić information content (AvgIpc) is 2.84. The number of aromatic nitrogens is 2. The van der Waals surface area contributed by atoms with E-state index in [1.165, 1.54) is 5.56 Å². The molecule has 3 rings (SSSR count). The Labute approximate surface area is 112 Å². The quantitative estimate of drug-likeness (QED) is 0.903. The minimum Gasteiger partial charge on any atom is -0.486 e. The smallest absolute Gasteiger partial charge is 0.161 e. The lowest BCUT2D eigenvalue weighted by Crippen LogP contribution is -2.17. The molecule has 0 aliphatic carbocycles. The molecule has 5 nitrogen and oxygen atoms in total. The Morgan fingerprint density at radius 1 is 1.21 bits per heavy atom. The van der Waals surface area contributed by atoms with Gasteiger partial charge in [-0.05, 0) is 17.7 Å². The molecule has 5 heteroatoms. The van der Waals surface area contributed by atoms with Gasteiger partial charge in [0.05, 0.1) is 12.0 Å². The van der Waals surface area contributed by atoms with Crippen molar-refractivity contribution in [1.29, 1.82) is 0 Å². The van der Waals surface area contributed by atoms with Gasteiger partial charge in [-0.15, -0.1) is 0 Å². The first-order valence-corrected chi connectivity index (χ1v) is 6.37. The van der Waals surface area contributed by atoms with Crippen molar-refractivity contribution in [3.8, 4) is 11.5 Å². The molecule has 19 heavy (non-hydrogen) atoms. The van der Waals surface area contributed by atoms with Crippen molar-refractivity contribution in [3.63, 3.8) is 0 Å². The molecule has 0 bridgehead atoms. The maximum Gasteiger partial charge on any atom is 0.161 e. The van der Waals surface area contributed by atoms with Crippen LogP contribution in [0.3, 0.4) is 0 Å². The van der Waals surface area contributed by atoms with Crippen molar-refractivity contribution >= 4 is 0 Å². The molecular weight excluding hydrogens is 242 g/mol. The van der Waals surface area contributed by atoms with Crippen molar-refractivity contribution in [2.45, 2.75) is 13.1 Å². The second-order valence-electron chi connectivity index (χ2n) is 4.58. The van der Waals surface area contributed by atoms with Crippen molar-refractivity contribution in [1.82, 2.24) is 14.9 Å². The van der Waals surface area contributed by atoms with Crippen LogP contribution in [0.4, 0.5) is 0 Å². The van der Waals surface area contributed by atoms with Gasteiger partial charge in [0.15, 0.2) is 11.5 Å². The molecule has 0 fully saturated rings. The minimum absolute atomic E-state index is 0.624. The highest BCUT2D eigenvalue weighted by atomic mass is 16.6. The molecule has 100 valence electrons. The summed E-state index contributed by atoms with van der Waals surface area (Å²) in [7, 11) is 1.99. The number of hydrogen-bond acceptors (Lipinski definition) is 4. The number of rotatable bonds is 4. The van der Waals surface area contributed by atoms with Gasteiger partial charge in [0.25, 0.3) is 0 Å². The summed E-state index contributed by atoms with van der Waals surface area (Å²) in [5, 5.41) is 3.39. The van der Waals surface area contributed by atoms with E-state index in [4.69, 9.17) is 9.47 Å². The van der Waals surface area contributed by atoms with Crippen molar-refractivity contribution in [2.75, 3.05) is 13.2 Å². The Balaban J connectivity index is 1.59. The summed E-state index contributed by atoms with van der Waals surface area (Å²) in [6.07, 6.45) is 3.68. The van der Waals surface area contributed by atoms with E-state index in [1.54, 1.807) is 6.33 Å². The maximum absolute atomic E-state index is 5.57. The van der Waals surface area contributed by atoms with Crippen LogP contribution in [0.2, 0.25) is 0 Å². The van der Waals surface area contributed by atoms with Crippen LogP contribution in [-0.4, -0.2) is 22.8 Å². The second kappa shape index (κ2) is 5.32. The van der Waals surface area contributed by atoms with Gasteiger partial charge < -0.3 is 19.4 Å². The molecule has 0 saturated carbocycles. The summed E-state index contributed by atoms with van der Waals surface area (Å²) in [4.78, 5) is 4.09. The summed E-state index contributed by atoms with van der Waals surface area (Å²) >= 11 is 0. The topological polar surface area (TPSA) is 48.3 Å². The van der Waals surface area contributed by atoms with Gasteiger partial charge in [0.2, 0.25) is 0 Å². The number of aryl methyl sites for hydroxylation is 1. The first-order valence-electron chi connectivity index (χ1n) is 6.37. The van der Waals surface area contributed by atoms with E-state index in [9.17, 15) is 0 Å². The highest BCUT2D eigenvalue weighted by Crippen LogP contribution is 2.30. The fraction of sp³-hybridized carbons (Fsp3) is 0.357. The van der Waals surface area contributed by atoms with Crippen LogP contribution in [0.25, 0.3) is 0 Å². The maximum atomic E-state index is 5.57. The molecule has 2 aromatic rings. The largest absolute Gasteiger partial charge is 0.486 e. The normalized spacial score (nSPS) is 13.5. The lowest BCUT2D eigenvalue weighted by Gasteiger charge is -2.19. The van der Waals surface area contributed by atoms with Gasteiger partial charge >= 0.3 is 0 Å². The number of nitrogens with one attached hydrogen (secondary N) is 1. The highest BCUT2D eigenvalue weighted by molar-refractivity contribution is 5.43. The molecule has 0 unspecified atom stereocenters. The zero-order valence-corrected chi connectivity index (χ0v) is 10.9. The summed E-state index contributed by atoms with van der Waals surface area (Å²) in [5.74, 6) is 1.67. The Kier molecular flexibility index (Phi) is 3.37. The lowest BCUT2D eigenvalue weighted by atomic mass is 10.2. The molecule has 1 aromatic heterocycles. The Morgan fingerprint density at radius 3 is 2.84 bits per heavy atom. The van der Waals surface area contributed by atoms with Crippen molar-refractivity contribution in [2.24, 2.45) is 7.05 Å². The standard InChI is InChI=1S/C14H17N3O2/c1-17-10-16-9-12(17)8-15-7-11-2-3-13-14(6-11)19-5-4-18-13/h2-3,6,9-10,15H,4-5,7-8H2,1H3. The van der Waals surface area contributed by atoms with Crippen LogP contribution in [0.1, 0.15) is 11.3 Å². The average molecular weight is 259 g/mol. The van der Waals surface area contributed by atoms with Crippen LogP contribution in [0.5, 0.6) is 11.5 Å². The number of imidazole rings is 1. The molecule has 2 heterocycles. The number of benzene rings is 1. The molecule has 1 N–H and O–H groups in total. The number of hydrogen-bond donors (Lipinski definition) is 1. The molecule has 1 aromatic carbocycles. The summed E-state index contributed by atoms with van der Waals surface area (Å²) in [5.41, 5.74) is 2.35. The van der Waals surface area contributed by atoms with E-state index in [-0.39, 0.29) is 0 Å². The Bertz CT molecular complexity index is 566. The zero-order chi connectivity index (χ0) is 13.1. The van der Waals surface area contributed by atoms with Gasteiger partial charge in [-0.1, -0.05) is 6.07 Å². The van der Waals surface area contributed by atoms with Crippen LogP contribution in [-0.2, 0) is 20.1 Å². The van der Waals surface area contributed by atoms with Gasteiger partial charge in [-0.2, -0.15) is 0 Å². The van der Waals surface area contributed by atoms with Crippen LogP contribution in [0, 0.1) is 0 Å². The molecule has 0 spiro atoms. The van der Waals surface area contributed by atoms with E-state index in [1.807, 2.05) is 29.9 Å². The lowest BCUT2D eigenvalue weighted by molar-refractivity contribution is 0.171. The van der Waals surface area contributed by atoms with Gasteiger partial charge in [0, 0.05) is 26.3 Å². The fourth-order valence-corrected chi connectivity index (χ4v) is 2.09. The first-order chi connectivity index (χ1) is 9.33. The monoisotopic (exact) mass is 259 g/mol. The van der Waals surface area contributed by atoms with Crippen LogP contribution < -0.4 is 14.8 Å². The van der Waals surface area contributed by atoms with Gasteiger partial charge in [-0.25, -0.2) is 4.98 Å². The third-order valence-corrected chi connectivity index (χ3v) is 3.16. The predicted octanol–water partition coefficient (Wildman–Crippen LogP) is 1.48. The van der Waals surface area contributed by atoms with Crippen molar-refractivity contribution in [3.05, 3.63) is 42.0 Å². The molecular formula is C14H17N3O2. The minimum atomic E-state index is 0.624. The van der Waals surface area contributed by atoms with E-state index in [2.05, 4.69) is 16.4 Å². The molecule has 0 saturated heterocycles. The van der Waals surface area contributed by atoms with Crippen molar-refractivity contribution < 1.29 is 9.47 Å². The second-order valence-corrected chi connectivity index (χ2v) is 4.58. The van der Waals surface area contributed by atoms with Crippen LogP contribution in [0.15, 0.2) is 30.7 Å². The Morgan fingerprint density at radius 2 is 2.05 bits per heavy atom. The van der Waals surface area contributed by atoms with Gasteiger partial charge in [0.1, 0.15) is 13.2 Å². The van der Waals surface area contributed by atoms with E-state index in [0.29, 0.717) is 13.2 Å². The van der Waals surface area contributed by atoms with E-state index in [0.717, 1.165) is 30.3 Å². The number of ether oxygens (including phenoxy) is 2. The third-order valence-electron chi connectivity index (χ3n) is 3.16.